The molecule has 0 aromatic carbocycles. The molecule has 1 aromatic heterocycles. The van der Waals surface area contributed by atoms with E-state index in [0.29, 0.717) is 12.0 Å². The van der Waals surface area contributed by atoms with Crippen LogP contribution in [0.4, 0.5) is 0 Å². The molecule has 94 valence electrons. The van der Waals surface area contributed by atoms with Crippen LogP contribution in [0.3, 0.4) is 0 Å². The predicted octanol–water partition coefficient (Wildman–Crippen LogP) is 2.63. The Hall–Kier alpha value is -0.450. The Kier molecular flexibility index (Phi) is 3.19. The van der Waals surface area contributed by atoms with Gasteiger partial charge in [-0.15, -0.1) is 11.3 Å². The summed E-state index contributed by atoms with van der Waals surface area (Å²) in [5, 5.41) is 4.79. The maximum absolute atomic E-state index is 5.87. The average molecular weight is 252 g/mol. The lowest BCUT2D eigenvalue weighted by molar-refractivity contribution is -0.00319. The van der Waals surface area contributed by atoms with Crippen LogP contribution in [0.5, 0.6) is 0 Å². The predicted molar refractivity (Wildman–Crippen MR) is 69.6 cm³/mol. The van der Waals surface area contributed by atoms with Crippen LogP contribution in [0.2, 0.25) is 0 Å². The molecule has 3 rings (SSSR count). The van der Waals surface area contributed by atoms with Gasteiger partial charge in [0, 0.05) is 18.9 Å². The summed E-state index contributed by atoms with van der Waals surface area (Å²) in [5.41, 5.74) is 1.29. The van der Waals surface area contributed by atoms with Gasteiger partial charge in [0.25, 0.3) is 0 Å². The first-order valence-electron chi connectivity index (χ1n) is 6.59. The lowest BCUT2D eigenvalue weighted by Gasteiger charge is -2.23. The molecule has 3 nitrogen and oxygen atoms in total. The second-order valence-corrected chi connectivity index (χ2v) is 6.26. The first-order valence-corrected chi connectivity index (χ1v) is 7.41. The van der Waals surface area contributed by atoms with E-state index < -0.39 is 0 Å². The number of aromatic nitrogens is 1. The highest BCUT2D eigenvalue weighted by molar-refractivity contribution is 7.11. The molecule has 4 heteroatoms. The molecule has 0 spiro atoms. The molecule has 2 aliphatic heterocycles. The van der Waals surface area contributed by atoms with Crippen molar-refractivity contribution in [3.8, 4) is 0 Å². The molecule has 0 saturated carbocycles. The van der Waals surface area contributed by atoms with Crippen LogP contribution >= 0.6 is 11.3 Å². The number of fused-ring (bicyclic) bond motifs is 1. The monoisotopic (exact) mass is 252 g/mol. The van der Waals surface area contributed by atoms with Crippen LogP contribution in [0.15, 0.2) is 0 Å². The van der Waals surface area contributed by atoms with E-state index in [4.69, 9.17) is 9.72 Å². The molecule has 0 amide bonds. The van der Waals surface area contributed by atoms with Gasteiger partial charge in [0.05, 0.1) is 27.8 Å². The van der Waals surface area contributed by atoms with E-state index in [1.165, 1.54) is 28.4 Å². The van der Waals surface area contributed by atoms with Crippen LogP contribution in [0.25, 0.3) is 0 Å². The summed E-state index contributed by atoms with van der Waals surface area (Å²) in [6.07, 6.45) is 4.09. The highest BCUT2D eigenvalue weighted by Gasteiger charge is 2.28. The van der Waals surface area contributed by atoms with E-state index in [1.54, 1.807) is 0 Å². The van der Waals surface area contributed by atoms with Gasteiger partial charge < -0.3 is 10.1 Å². The summed E-state index contributed by atoms with van der Waals surface area (Å²) in [5.74, 6) is 0.627. The third-order valence-corrected chi connectivity index (χ3v) is 5.10. The van der Waals surface area contributed by atoms with Crippen LogP contribution < -0.4 is 5.32 Å². The number of hydrogen-bond donors (Lipinski definition) is 1. The molecule has 3 heterocycles. The van der Waals surface area contributed by atoms with Gasteiger partial charge >= 0.3 is 0 Å². The average Bonchev–Trinajstić information content (AvgIpc) is 2.74. The minimum absolute atomic E-state index is 0.233. The number of piperidine rings is 1. The lowest BCUT2D eigenvalue weighted by atomic mass is 10.0. The van der Waals surface area contributed by atoms with E-state index in [-0.39, 0.29) is 6.10 Å². The molecule has 17 heavy (non-hydrogen) atoms. The fourth-order valence-electron chi connectivity index (χ4n) is 2.81. The number of hydrogen-bond acceptors (Lipinski definition) is 4. The number of nitrogens with zero attached hydrogens (tertiary/aromatic N) is 1. The summed E-state index contributed by atoms with van der Waals surface area (Å²) in [7, 11) is 0. The summed E-state index contributed by atoms with van der Waals surface area (Å²) in [6.45, 7) is 6.55. The molecular weight excluding hydrogens is 232 g/mol. The van der Waals surface area contributed by atoms with Crippen molar-refractivity contribution in [2.45, 2.75) is 51.2 Å². The molecule has 1 saturated heterocycles. The van der Waals surface area contributed by atoms with Gasteiger partial charge in [-0.3, -0.25) is 0 Å². The molecule has 0 bridgehead atoms. The zero-order chi connectivity index (χ0) is 11.8. The van der Waals surface area contributed by atoms with Crippen LogP contribution in [-0.4, -0.2) is 24.2 Å². The van der Waals surface area contributed by atoms with Gasteiger partial charge in [0.1, 0.15) is 0 Å². The van der Waals surface area contributed by atoms with Gasteiger partial charge in [-0.2, -0.15) is 0 Å². The van der Waals surface area contributed by atoms with E-state index in [9.17, 15) is 0 Å². The maximum atomic E-state index is 5.87. The van der Waals surface area contributed by atoms with Crippen molar-refractivity contribution in [3.05, 3.63) is 15.6 Å². The third kappa shape index (κ3) is 2.26. The summed E-state index contributed by atoms with van der Waals surface area (Å²) in [4.78, 5) is 6.24. The van der Waals surface area contributed by atoms with E-state index in [2.05, 4.69) is 19.2 Å². The molecule has 2 aliphatic rings. The van der Waals surface area contributed by atoms with Crippen molar-refractivity contribution in [1.29, 1.82) is 0 Å². The molecule has 3 atom stereocenters. The van der Waals surface area contributed by atoms with Crippen molar-refractivity contribution < 1.29 is 4.74 Å². The molecule has 1 N–H and O–H groups in total. The number of ether oxygens (including phenoxy) is 1. The normalized spacial score (nSPS) is 33.4. The lowest BCUT2D eigenvalue weighted by Crippen LogP contribution is -2.28. The molecule has 0 aliphatic carbocycles. The van der Waals surface area contributed by atoms with Crippen molar-refractivity contribution >= 4 is 11.3 Å². The number of nitrogens with one attached hydrogen (secondary N) is 1. The summed E-state index contributed by atoms with van der Waals surface area (Å²) in [6, 6.07) is 0. The Bertz CT molecular complexity index is 398. The molecule has 1 fully saturated rings. The van der Waals surface area contributed by atoms with Gasteiger partial charge in [-0.05, 0) is 33.2 Å². The zero-order valence-corrected chi connectivity index (χ0v) is 11.3. The fraction of sp³-hybridized carbons (Fsp3) is 0.769. The SMILES string of the molecule is CC1Cc2nc(C3CCCNC3)sc2C(C)O1. The second kappa shape index (κ2) is 4.67. The van der Waals surface area contributed by atoms with Crippen LogP contribution in [0.1, 0.15) is 54.3 Å². The first-order chi connectivity index (χ1) is 8.24. The highest BCUT2D eigenvalue weighted by Crippen LogP contribution is 2.37. The topological polar surface area (TPSA) is 34.2 Å². The van der Waals surface area contributed by atoms with Gasteiger partial charge in [0.2, 0.25) is 0 Å². The first kappa shape index (κ1) is 11.6. The van der Waals surface area contributed by atoms with Crippen molar-refractivity contribution in [1.82, 2.24) is 10.3 Å². The van der Waals surface area contributed by atoms with Crippen LogP contribution in [0, 0.1) is 0 Å². The van der Waals surface area contributed by atoms with Gasteiger partial charge in [-0.25, -0.2) is 4.98 Å². The fourth-order valence-corrected chi connectivity index (χ4v) is 4.03. The zero-order valence-electron chi connectivity index (χ0n) is 10.5. The maximum Gasteiger partial charge on any atom is 0.0975 e. The number of rotatable bonds is 1. The largest absolute Gasteiger partial charge is 0.370 e. The van der Waals surface area contributed by atoms with Gasteiger partial charge in [-0.1, -0.05) is 0 Å². The summed E-state index contributed by atoms with van der Waals surface area (Å²) < 4.78 is 5.87. The van der Waals surface area contributed by atoms with E-state index >= 15 is 0 Å². The molecule has 0 radical (unpaired) electrons. The molecule has 1 aromatic rings. The van der Waals surface area contributed by atoms with Crippen molar-refractivity contribution in [3.63, 3.8) is 0 Å². The smallest absolute Gasteiger partial charge is 0.0975 e. The minimum Gasteiger partial charge on any atom is -0.370 e. The van der Waals surface area contributed by atoms with Gasteiger partial charge in [0.15, 0.2) is 0 Å². The number of thiazole rings is 1. The Morgan fingerprint density at radius 2 is 2.29 bits per heavy atom. The highest BCUT2D eigenvalue weighted by atomic mass is 32.1. The second-order valence-electron chi connectivity index (χ2n) is 5.20. The Morgan fingerprint density at radius 3 is 3.06 bits per heavy atom. The Labute approximate surface area is 107 Å². The Balaban J connectivity index is 1.85. The molecule has 3 unspecified atom stereocenters. The van der Waals surface area contributed by atoms with E-state index in [0.717, 1.165) is 19.5 Å². The third-order valence-electron chi connectivity index (χ3n) is 3.68. The minimum atomic E-state index is 0.233. The quantitative estimate of drug-likeness (QED) is 0.834. The molecular formula is C13H20N2OS. The Morgan fingerprint density at radius 1 is 1.41 bits per heavy atom. The van der Waals surface area contributed by atoms with Crippen LogP contribution in [-0.2, 0) is 11.2 Å². The summed E-state index contributed by atoms with van der Waals surface area (Å²) >= 11 is 1.88. The van der Waals surface area contributed by atoms with Crippen molar-refractivity contribution in [2.24, 2.45) is 0 Å². The van der Waals surface area contributed by atoms with Crippen molar-refractivity contribution in [2.75, 3.05) is 13.1 Å². The standard InChI is InChI=1S/C13H20N2OS/c1-8-6-11-12(9(2)16-8)17-13(15-11)10-4-3-5-14-7-10/h8-10,14H,3-7H2,1-2H3. The van der Waals surface area contributed by atoms with E-state index in [1.807, 2.05) is 11.3 Å².